The van der Waals surface area contributed by atoms with Crippen molar-refractivity contribution in [3.8, 4) is 5.88 Å². The second-order valence-corrected chi connectivity index (χ2v) is 5.78. The van der Waals surface area contributed by atoms with Gasteiger partial charge < -0.3 is 20.2 Å². The fourth-order valence-corrected chi connectivity index (χ4v) is 2.51. The molecule has 0 fully saturated rings. The standard InChI is InChI=1S/C13H15N4O3S.Na/c1-3-11-15-12(8-13(16-11)20-2)17-21(18,19)10-6-4-9(14)5-7-10;/h4-8H,3,14H2,1-2H3;/q-1;+1. The van der Waals surface area contributed by atoms with Crippen LogP contribution in [0.25, 0.3) is 4.72 Å². The zero-order chi connectivity index (χ0) is 15.5. The Labute approximate surface area is 151 Å². The number of ether oxygens (including phenoxy) is 1. The van der Waals surface area contributed by atoms with E-state index in [0.717, 1.165) is 0 Å². The van der Waals surface area contributed by atoms with Crippen LogP contribution in [0.2, 0.25) is 0 Å². The van der Waals surface area contributed by atoms with Gasteiger partial charge in [-0.2, -0.15) is 0 Å². The zero-order valence-corrected chi connectivity index (χ0v) is 15.5. The normalized spacial score (nSPS) is 10.6. The molecule has 1 heterocycles. The van der Waals surface area contributed by atoms with Gasteiger partial charge in [0.05, 0.1) is 12.0 Å². The van der Waals surface area contributed by atoms with E-state index in [1.807, 2.05) is 6.92 Å². The third-order valence-electron chi connectivity index (χ3n) is 2.65. The summed E-state index contributed by atoms with van der Waals surface area (Å²) in [5, 5.41) is 0. The predicted octanol–water partition coefficient (Wildman–Crippen LogP) is -0.972. The molecule has 0 unspecified atom stereocenters. The number of rotatable bonds is 5. The summed E-state index contributed by atoms with van der Waals surface area (Å²) in [6.07, 6.45) is 0.543. The first-order valence-electron chi connectivity index (χ1n) is 6.20. The Morgan fingerprint density at radius 1 is 1.23 bits per heavy atom. The van der Waals surface area contributed by atoms with E-state index >= 15 is 0 Å². The molecule has 112 valence electrons. The van der Waals surface area contributed by atoms with E-state index in [0.29, 0.717) is 17.9 Å². The summed E-state index contributed by atoms with van der Waals surface area (Å²) in [4.78, 5) is 8.19. The summed E-state index contributed by atoms with van der Waals surface area (Å²) in [5.41, 5.74) is 6.01. The van der Waals surface area contributed by atoms with Gasteiger partial charge in [0.15, 0.2) is 0 Å². The molecule has 0 amide bonds. The third-order valence-corrected chi connectivity index (χ3v) is 3.95. The SMILES string of the molecule is CCc1nc([N-]S(=O)(=O)c2ccc(N)cc2)cc(OC)n1.[Na+]. The second-order valence-electron chi connectivity index (χ2n) is 4.17. The number of sulfonamides is 1. The van der Waals surface area contributed by atoms with Gasteiger partial charge in [-0.1, -0.05) is 6.92 Å². The Balaban J connectivity index is 0.00000242. The van der Waals surface area contributed by atoms with Gasteiger partial charge in [0.25, 0.3) is 0 Å². The summed E-state index contributed by atoms with van der Waals surface area (Å²) in [6.45, 7) is 1.85. The van der Waals surface area contributed by atoms with Gasteiger partial charge in [-0.05, 0) is 42.6 Å². The van der Waals surface area contributed by atoms with E-state index in [1.165, 1.54) is 37.4 Å². The first kappa shape index (κ1) is 18.7. The van der Waals surface area contributed by atoms with Crippen molar-refractivity contribution < 1.29 is 42.7 Å². The van der Waals surface area contributed by atoms with Crippen molar-refractivity contribution in [1.82, 2.24) is 9.97 Å². The third kappa shape index (κ3) is 4.57. The van der Waals surface area contributed by atoms with Crippen molar-refractivity contribution in [2.24, 2.45) is 0 Å². The Kier molecular flexibility index (Phi) is 6.61. The van der Waals surface area contributed by atoms with Crippen molar-refractivity contribution in [2.45, 2.75) is 18.2 Å². The van der Waals surface area contributed by atoms with Gasteiger partial charge in [-0.25, -0.2) is 13.4 Å². The Bertz CT molecular complexity index is 713. The molecule has 0 radical (unpaired) electrons. The van der Waals surface area contributed by atoms with Crippen LogP contribution in [0.1, 0.15) is 12.7 Å². The number of nitrogen functional groups attached to an aromatic ring is 1. The van der Waals surface area contributed by atoms with Crippen molar-refractivity contribution in [2.75, 3.05) is 12.8 Å². The van der Waals surface area contributed by atoms with Gasteiger partial charge in [0.1, 0.15) is 0 Å². The minimum Gasteiger partial charge on any atom is -0.481 e. The van der Waals surface area contributed by atoms with E-state index < -0.39 is 10.0 Å². The maximum absolute atomic E-state index is 12.2. The second kappa shape index (κ2) is 7.77. The fourth-order valence-electron chi connectivity index (χ4n) is 1.58. The Morgan fingerprint density at radius 3 is 2.41 bits per heavy atom. The van der Waals surface area contributed by atoms with E-state index in [4.69, 9.17) is 10.5 Å². The van der Waals surface area contributed by atoms with E-state index in [9.17, 15) is 8.42 Å². The molecule has 2 N–H and O–H groups in total. The summed E-state index contributed by atoms with van der Waals surface area (Å²) in [6, 6.07) is 7.16. The summed E-state index contributed by atoms with van der Waals surface area (Å²) in [7, 11) is -2.41. The number of aromatic nitrogens is 2. The molecule has 0 aliphatic carbocycles. The number of aryl methyl sites for hydroxylation is 1. The average molecular weight is 330 g/mol. The monoisotopic (exact) mass is 330 g/mol. The Morgan fingerprint density at radius 2 is 1.86 bits per heavy atom. The van der Waals surface area contributed by atoms with Crippen LogP contribution in [-0.4, -0.2) is 25.5 Å². The van der Waals surface area contributed by atoms with Gasteiger partial charge in [0.2, 0.25) is 15.9 Å². The van der Waals surface area contributed by atoms with E-state index in [-0.39, 0.29) is 46.2 Å². The maximum atomic E-state index is 12.2. The molecule has 9 heteroatoms. The minimum absolute atomic E-state index is 0. The molecule has 0 atom stereocenters. The van der Waals surface area contributed by atoms with Crippen molar-refractivity contribution in [3.63, 3.8) is 0 Å². The number of nitrogens with zero attached hydrogens (tertiary/aromatic N) is 3. The van der Waals surface area contributed by atoms with Gasteiger partial charge in [0, 0.05) is 11.5 Å². The van der Waals surface area contributed by atoms with Crippen molar-refractivity contribution in [3.05, 3.63) is 40.9 Å². The van der Waals surface area contributed by atoms with Gasteiger partial charge >= 0.3 is 29.6 Å². The van der Waals surface area contributed by atoms with Crippen molar-refractivity contribution in [1.29, 1.82) is 0 Å². The summed E-state index contributed by atoms with van der Waals surface area (Å²) >= 11 is 0. The van der Waals surface area contributed by atoms with Crippen LogP contribution in [0, 0.1) is 0 Å². The summed E-state index contributed by atoms with van der Waals surface area (Å²) in [5.74, 6) is 0.768. The largest absolute Gasteiger partial charge is 1.00 e. The number of benzene rings is 1. The van der Waals surface area contributed by atoms with Crippen LogP contribution < -0.4 is 40.0 Å². The molecular weight excluding hydrogens is 315 g/mol. The quantitative estimate of drug-likeness (QED) is 0.558. The molecule has 0 bridgehead atoms. The predicted molar refractivity (Wildman–Crippen MR) is 79.0 cm³/mol. The number of nitrogens with two attached hydrogens (primary N) is 1. The van der Waals surface area contributed by atoms with Crippen LogP contribution in [-0.2, 0) is 16.4 Å². The molecular formula is C13H15N4NaO3S. The van der Waals surface area contributed by atoms with Gasteiger partial charge in [-0.15, -0.1) is 0 Å². The molecule has 0 spiro atoms. The van der Waals surface area contributed by atoms with Crippen molar-refractivity contribution >= 4 is 21.5 Å². The van der Waals surface area contributed by atoms with Crippen LogP contribution in [0.15, 0.2) is 35.2 Å². The molecule has 0 saturated heterocycles. The smallest absolute Gasteiger partial charge is 0.481 e. The topological polar surface area (TPSA) is 109 Å². The Hall–Kier alpha value is -1.35. The molecule has 1 aromatic carbocycles. The van der Waals surface area contributed by atoms with Crippen LogP contribution in [0.3, 0.4) is 0 Å². The minimum atomic E-state index is -3.86. The zero-order valence-electron chi connectivity index (χ0n) is 12.6. The first-order valence-corrected chi connectivity index (χ1v) is 7.64. The molecule has 0 saturated carbocycles. The fraction of sp³-hybridized carbons (Fsp3) is 0.231. The molecule has 7 nitrogen and oxygen atoms in total. The molecule has 2 rings (SSSR count). The number of hydrogen-bond acceptors (Lipinski definition) is 6. The van der Waals surface area contributed by atoms with Crippen LogP contribution in [0.4, 0.5) is 11.5 Å². The summed E-state index contributed by atoms with van der Waals surface area (Å²) < 4.78 is 33.1. The first-order chi connectivity index (χ1) is 9.94. The van der Waals surface area contributed by atoms with Crippen LogP contribution in [0.5, 0.6) is 5.88 Å². The molecule has 0 aliphatic rings. The maximum Gasteiger partial charge on any atom is 1.00 e. The molecule has 0 aliphatic heterocycles. The van der Waals surface area contributed by atoms with E-state index in [1.54, 1.807) is 0 Å². The number of methoxy groups -OCH3 is 1. The van der Waals surface area contributed by atoms with Crippen LogP contribution >= 0.6 is 0 Å². The average Bonchev–Trinajstić information content (AvgIpc) is 2.46. The molecule has 1 aromatic heterocycles. The number of hydrogen-bond donors (Lipinski definition) is 1. The van der Waals surface area contributed by atoms with Gasteiger partial charge in [-0.3, -0.25) is 0 Å². The number of anilines is 1. The van der Waals surface area contributed by atoms with E-state index in [2.05, 4.69) is 14.7 Å². The molecule has 2 aromatic rings. The molecule has 22 heavy (non-hydrogen) atoms.